The van der Waals surface area contributed by atoms with E-state index >= 15 is 0 Å². The third-order valence-electron chi connectivity index (χ3n) is 3.82. The second kappa shape index (κ2) is 3.11. The summed E-state index contributed by atoms with van der Waals surface area (Å²) in [5.41, 5.74) is 11.5. The lowest BCUT2D eigenvalue weighted by molar-refractivity contribution is 0.672. The van der Waals surface area contributed by atoms with E-state index in [1.165, 1.54) is 40.6 Å². The van der Waals surface area contributed by atoms with Gasteiger partial charge in [-0.15, -0.1) is 0 Å². The maximum atomic E-state index is 6.15. The Morgan fingerprint density at radius 3 is 2.75 bits per heavy atom. The second-order valence-corrected chi connectivity index (χ2v) is 5.29. The van der Waals surface area contributed by atoms with E-state index in [0.717, 1.165) is 6.42 Å². The molecule has 0 radical (unpaired) electrons. The quantitative estimate of drug-likeness (QED) is 0.793. The number of fused-ring (bicyclic) bond motifs is 1. The highest BCUT2D eigenvalue weighted by Crippen LogP contribution is 2.36. The summed E-state index contributed by atoms with van der Waals surface area (Å²) in [6.45, 7) is 4.29. The van der Waals surface area contributed by atoms with Crippen molar-refractivity contribution in [3.05, 3.63) is 35.0 Å². The van der Waals surface area contributed by atoms with Gasteiger partial charge in [0, 0.05) is 22.1 Å². The fraction of sp³-hybridized carbons (Fsp3) is 0.429. The molecule has 0 unspecified atom stereocenters. The minimum atomic E-state index is 0.102. The van der Waals surface area contributed by atoms with Crippen LogP contribution in [0.1, 0.15) is 29.7 Å². The number of aryl methyl sites for hydroxylation is 2. The molecule has 1 fully saturated rings. The number of aromatic amines is 1. The Morgan fingerprint density at radius 2 is 2.06 bits per heavy atom. The maximum Gasteiger partial charge on any atom is 0.0461 e. The van der Waals surface area contributed by atoms with E-state index in [1.54, 1.807) is 0 Å². The van der Waals surface area contributed by atoms with Crippen LogP contribution in [0.5, 0.6) is 0 Å². The Kier molecular flexibility index (Phi) is 1.93. The van der Waals surface area contributed by atoms with Crippen LogP contribution in [0.4, 0.5) is 0 Å². The number of H-pyrrole nitrogens is 1. The largest absolute Gasteiger partial charge is 0.358 e. The monoisotopic (exact) mass is 214 g/mol. The molecule has 2 heteroatoms. The molecule has 0 amide bonds. The molecular formula is C14H18N2. The predicted molar refractivity (Wildman–Crippen MR) is 67.6 cm³/mol. The predicted octanol–water partition coefficient (Wildman–Crippen LogP) is 2.82. The highest BCUT2D eigenvalue weighted by molar-refractivity contribution is 5.84. The van der Waals surface area contributed by atoms with Gasteiger partial charge in [-0.1, -0.05) is 12.1 Å². The van der Waals surface area contributed by atoms with E-state index in [0.29, 0.717) is 0 Å². The van der Waals surface area contributed by atoms with Crippen molar-refractivity contribution in [2.24, 2.45) is 5.73 Å². The molecule has 3 N–H and O–H groups in total. The molecule has 3 rings (SSSR count). The summed E-state index contributed by atoms with van der Waals surface area (Å²) in [6.07, 6.45) is 3.36. The lowest BCUT2D eigenvalue weighted by Crippen LogP contribution is -2.24. The van der Waals surface area contributed by atoms with Gasteiger partial charge < -0.3 is 10.7 Å². The topological polar surface area (TPSA) is 41.8 Å². The minimum absolute atomic E-state index is 0.102. The molecule has 2 aromatic rings. The first kappa shape index (κ1) is 9.91. The molecule has 0 saturated heterocycles. The van der Waals surface area contributed by atoms with Crippen molar-refractivity contribution in [2.45, 2.75) is 38.6 Å². The van der Waals surface area contributed by atoms with Crippen LogP contribution in [0, 0.1) is 13.8 Å². The summed E-state index contributed by atoms with van der Waals surface area (Å²) in [4.78, 5) is 3.43. The SMILES string of the molecule is Cc1[nH]c2cc(CC3(N)CC3)ccc2c1C. The highest BCUT2D eigenvalue weighted by atomic mass is 14.8. The summed E-state index contributed by atoms with van der Waals surface area (Å²) in [7, 11) is 0. The molecular weight excluding hydrogens is 196 g/mol. The van der Waals surface area contributed by atoms with E-state index in [4.69, 9.17) is 5.73 Å². The standard InChI is InChI=1S/C14H18N2/c1-9-10(2)16-13-7-11(3-4-12(9)13)8-14(15)5-6-14/h3-4,7,16H,5-6,8,15H2,1-2H3. The fourth-order valence-corrected chi connectivity index (χ4v) is 2.37. The summed E-state index contributed by atoms with van der Waals surface area (Å²) in [6, 6.07) is 6.69. The van der Waals surface area contributed by atoms with Gasteiger partial charge >= 0.3 is 0 Å². The summed E-state index contributed by atoms with van der Waals surface area (Å²) in [5.74, 6) is 0. The third-order valence-corrected chi connectivity index (χ3v) is 3.82. The first-order valence-electron chi connectivity index (χ1n) is 5.94. The van der Waals surface area contributed by atoms with Crippen LogP contribution in [0.3, 0.4) is 0 Å². The second-order valence-electron chi connectivity index (χ2n) is 5.29. The Labute approximate surface area is 95.8 Å². The van der Waals surface area contributed by atoms with Gasteiger partial charge in [0.2, 0.25) is 0 Å². The van der Waals surface area contributed by atoms with Gasteiger partial charge in [-0.25, -0.2) is 0 Å². The molecule has 1 aliphatic carbocycles. The molecule has 84 valence electrons. The number of hydrogen-bond donors (Lipinski definition) is 2. The van der Waals surface area contributed by atoms with E-state index in [-0.39, 0.29) is 5.54 Å². The Balaban J connectivity index is 2.02. The average molecular weight is 214 g/mol. The Morgan fingerprint density at radius 1 is 1.31 bits per heavy atom. The van der Waals surface area contributed by atoms with Crippen LogP contribution >= 0.6 is 0 Å². The van der Waals surface area contributed by atoms with Crippen LogP contribution in [-0.4, -0.2) is 10.5 Å². The number of hydrogen-bond acceptors (Lipinski definition) is 1. The molecule has 2 nitrogen and oxygen atoms in total. The van der Waals surface area contributed by atoms with Crippen molar-refractivity contribution in [1.82, 2.24) is 4.98 Å². The van der Waals surface area contributed by atoms with Gasteiger partial charge in [0.15, 0.2) is 0 Å². The molecule has 0 spiro atoms. The first-order chi connectivity index (χ1) is 7.57. The van der Waals surface area contributed by atoms with Crippen LogP contribution in [0.15, 0.2) is 18.2 Å². The highest BCUT2D eigenvalue weighted by Gasteiger charge is 2.37. The van der Waals surface area contributed by atoms with E-state index in [9.17, 15) is 0 Å². The van der Waals surface area contributed by atoms with Crippen molar-refractivity contribution >= 4 is 10.9 Å². The fourth-order valence-electron chi connectivity index (χ4n) is 2.37. The lowest BCUT2D eigenvalue weighted by atomic mass is 10.0. The molecule has 1 saturated carbocycles. The molecule has 1 aromatic carbocycles. The number of nitrogens with two attached hydrogens (primary N) is 1. The number of nitrogens with one attached hydrogen (secondary N) is 1. The van der Waals surface area contributed by atoms with Crippen molar-refractivity contribution in [1.29, 1.82) is 0 Å². The smallest absolute Gasteiger partial charge is 0.0461 e. The van der Waals surface area contributed by atoms with Crippen molar-refractivity contribution < 1.29 is 0 Å². The van der Waals surface area contributed by atoms with E-state index < -0.39 is 0 Å². The molecule has 1 aromatic heterocycles. The summed E-state index contributed by atoms with van der Waals surface area (Å²) < 4.78 is 0. The van der Waals surface area contributed by atoms with E-state index in [1.807, 2.05) is 0 Å². The Bertz CT molecular complexity index is 547. The third kappa shape index (κ3) is 1.54. The van der Waals surface area contributed by atoms with Gasteiger partial charge in [-0.2, -0.15) is 0 Å². The van der Waals surface area contributed by atoms with Gasteiger partial charge in [-0.3, -0.25) is 0 Å². The number of aromatic nitrogens is 1. The zero-order valence-electron chi connectivity index (χ0n) is 9.93. The molecule has 0 bridgehead atoms. The van der Waals surface area contributed by atoms with Crippen LogP contribution in [-0.2, 0) is 6.42 Å². The van der Waals surface area contributed by atoms with Crippen LogP contribution in [0.2, 0.25) is 0 Å². The van der Waals surface area contributed by atoms with Crippen molar-refractivity contribution in [3.8, 4) is 0 Å². The van der Waals surface area contributed by atoms with Crippen LogP contribution in [0.25, 0.3) is 10.9 Å². The molecule has 16 heavy (non-hydrogen) atoms. The van der Waals surface area contributed by atoms with E-state index in [2.05, 4.69) is 37.0 Å². The molecule has 1 heterocycles. The zero-order chi connectivity index (χ0) is 11.3. The maximum absolute atomic E-state index is 6.15. The summed E-state index contributed by atoms with van der Waals surface area (Å²) in [5, 5.41) is 1.34. The minimum Gasteiger partial charge on any atom is -0.358 e. The van der Waals surface area contributed by atoms with Crippen LogP contribution < -0.4 is 5.73 Å². The average Bonchev–Trinajstić information content (AvgIpc) is 2.88. The Hall–Kier alpha value is -1.28. The molecule has 0 aliphatic heterocycles. The number of benzene rings is 1. The number of rotatable bonds is 2. The van der Waals surface area contributed by atoms with Gasteiger partial charge in [0.1, 0.15) is 0 Å². The zero-order valence-corrected chi connectivity index (χ0v) is 9.93. The molecule has 1 aliphatic rings. The normalized spacial score (nSPS) is 17.9. The van der Waals surface area contributed by atoms with Gasteiger partial charge in [0.05, 0.1) is 0 Å². The lowest BCUT2D eigenvalue weighted by Gasteiger charge is -2.08. The van der Waals surface area contributed by atoms with Crippen molar-refractivity contribution in [3.63, 3.8) is 0 Å². The van der Waals surface area contributed by atoms with Crippen molar-refractivity contribution in [2.75, 3.05) is 0 Å². The van der Waals surface area contributed by atoms with Gasteiger partial charge in [0.25, 0.3) is 0 Å². The summed E-state index contributed by atoms with van der Waals surface area (Å²) >= 11 is 0. The first-order valence-corrected chi connectivity index (χ1v) is 5.94. The van der Waals surface area contributed by atoms with Gasteiger partial charge in [-0.05, 0) is 50.3 Å². The molecule has 0 atom stereocenters.